The number of nitrogens with one attached hydrogen (secondary N) is 2. The molecule has 8 nitrogen and oxygen atoms in total. The van der Waals surface area contributed by atoms with Gasteiger partial charge in [-0.25, -0.2) is 4.98 Å². The highest BCUT2D eigenvalue weighted by molar-refractivity contribution is 5.52. The second-order valence-corrected chi connectivity index (χ2v) is 10.3. The zero-order chi connectivity index (χ0) is 24.6. The van der Waals surface area contributed by atoms with Crippen LogP contribution in [0.15, 0.2) is 24.3 Å². The first-order valence-corrected chi connectivity index (χ1v) is 13.3. The number of aryl methyl sites for hydroxylation is 2. The summed E-state index contributed by atoms with van der Waals surface area (Å²) in [5.41, 5.74) is 3.91. The van der Waals surface area contributed by atoms with Crippen molar-refractivity contribution in [1.82, 2.24) is 15.3 Å². The van der Waals surface area contributed by atoms with Crippen molar-refractivity contribution in [3.05, 3.63) is 51.2 Å². The van der Waals surface area contributed by atoms with E-state index in [-0.39, 0.29) is 10.6 Å². The lowest BCUT2D eigenvalue weighted by Gasteiger charge is -2.30. The molecule has 0 unspecified atom stereocenters. The van der Waals surface area contributed by atoms with E-state index in [1.54, 1.807) is 12.1 Å². The summed E-state index contributed by atoms with van der Waals surface area (Å²) in [5.74, 6) is 2.64. The van der Waals surface area contributed by atoms with Gasteiger partial charge in [-0.1, -0.05) is 12.1 Å². The minimum Gasteiger partial charge on any atom is -0.362 e. The van der Waals surface area contributed by atoms with Crippen molar-refractivity contribution < 1.29 is 4.92 Å². The molecular weight excluding hydrogens is 440 g/mol. The van der Waals surface area contributed by atoms with Crippen molar-refractivity contribution in [3.8, 4) is 0 Å². The largest absolute Gasteiger partial charge is 0.362 e. The van der Waals surface area contributed by atoms with Gasteiger partial charge in [0, 0.05) is 37.8 Å². The van der Waals surface area contributed by atoms with Crippen LogP contribution in [0.25, 0.3) is 0 Å². The Morgan fingerprint density at radius 3 is 2.49 bits per heavy atom. The highest BCUT2D eigenvalue weighted by atomic mass is 16.6. The fourth-order valence-corrected chi connectivity index (χ4v) is 5.37. The van der Waals surface area contributed by atoms with E-state index >= 15 is 0 Å². The van der Waals surface area contributed by atoms with E-state index in [0.29, 0.717) is 6.04 Å². The topological polar surface area (TPSA) is 96.2 Å². The Morgan fingerprint density at radius 1 is 1.03 bits per heavy atom. The third-order valence-corrected chi connectivity index (χ3v) is 7.41. The number of nitro benzene ring substituents is 1. The third kappa shape index (κ3) is 7.13. The number of anilines is 2. The first kappa shape index (κ1) is 25.4. The fraction of sp³-hybridized carbons (Fsp3) is 0.630. The van der Waals surface area contributed by atoms with E-state index in [1.165, 1.54) is 55.3 Å². The molecule has 0 amide bonds. The summed E-state index contributed by atoms with van der Waals surface area (Å²) in [4.78, 5) is 22.3. The minimum absolute atomic E-state index is 0.161. The molecule has 8 heteroatoms. The first-order valence-electron chi connectivity index (χ1n) is 13.3. The van der Waals surface area contributed by atoms with Crippen LogP contribution >= 0.6 is 0 Å². The number of aromatic nitrogens is 2. The first-order chi connectivity index (χ1) is 17.0. The van der Waals surface area contributed by atoms with E-state index in [2.05, 4.69) is 29.6 Å². The number of rotatable bonds is 11. The van der Waals surface area contributed by atoms with Crippen molar-refractivity contribution in [2.75, 3.05) is 37.4 Å². The van der Waals surface area contributed by atoms with Crippen LogP contribution in [0, 0.1) is 16.0 Å². The van der Waals surface area contributed by atoms with Gasteiger partial charge in [0.2, 0.25) is 5.95 Å². The maximum atomic E-state index is 10.7. The van der Waals surface area contributed by atoms with Gasteiger partial charge in [-0.15, -0.1) is 0 Å². The minimum atomic E-state index is -0.347. The molecule has 0 radical (unpaired) electrons. The van der Waals surface area contributed by atoms with Crippen LogP contribution in [0.3, 0.4) is 0 Å². The van der Waals surface area contributed by atoms with E-state index in [1.807, 2.05) is 12.1 Å². The van der Waals surface area contributed by atoms with E-state index in [4.69, 9.17) is 9.97 Å². The zero-order valence-corrected chi connectivity index (χ0v) is 21.3. The van der Waals surface area contributed by atoms with Crippen LogP contribution in [0.4, 0.5) is 17.5 Å². The summed E-state index contributed by atoms with van der Waals surface area (Å²) in [7, 11) is 4.16. The third-order valence-electron chi connectivity index (χ3n) is 7.41. The predicted octanol–water partition coefficient (Wildman–Crippen LogP) is 4.91. The summed E-state index contributed by atoms with van der Waals surface area (Å²) in [5, 5.41) is 18.0. The van der Waals surface area contributed by atoms with Gasteiger partial charge >= 0.3 is 0 Å². The standard InChI is InChI=1S/C27H40N6O2/c1-32(2)26-24-8-3-4-9-25(24)30-27(31-26)29-22-14-10-21(11-15-22)19-28-18-6-5-7-20-12-16-23(17-13-20)33(34)35/h12-13,16-17,21-22,28H,3-11,14-15,18-19H2,1-2H3,(H,29,30,31)/t21-,22+. The van der Waals surface area contributed by atoms with Crippen molar-refractivity contribution >= 4 is 17.5 Å². The van der Waals surface area contributed by atoms with Crippen molar-refractivity contribution in [1.29, 1.82) is 0 Å². The Labute approximate surface area is 209 Å². The highest BCUT2D eigenvalue weighted by Crippen LogP contribution is 2.30. The molecule has 1 heterocycles. The maximum absolute atomic E-state index is 10.7. The van der Waals surface area contributed by atoms with Gasteiger partial charge in [0.15, 0.2) is 0 Å². The lowest BCUT2D eigenvalue weighted by atomic mass is 9.86. The molecule has 1 saturated carbocycles. The molecule has 1 aromatic carbocycles. The average molecular weight is 481 g/mol. The Bertz CT molecular complexity index is 970. The summed E-state index contributed by atoms with van der Waals surface area (Å²) >= 11 is 0. The molecule has 2 aromatic rings. The second-order valence-electron chi connectivity index (χ2n) is 10.3. The lowest BCUT2D eigenvalue weighted by Crippen LogP contribution is -2.32. The van der Waals surface area contributed by atoms with Gasteiger partial charge in [-0.05, 0) is 95.2 Å². The number of hydrogen-bond donors (Lipinski definition) is 2. The second kappa shape index (κ2) is 12.3. The van der Waals surface area contributed by atoms with Crippen LogP contribution in [0.2, 0.25) is 0 Å². The lowest BCUT2D eigenvalue weighted by molar-refractivity contribution is -0.384. The summed E-state index contributed by atoms with van der Waals surface area (Å²) in [6.45, 7) is 2.12. The number of unbranched alkanes of at least 4 members (excludes halogenated alkanes) is 1. The monoisotopic (exact) mass is 480 g/mol. The van der Waals surface area contributed by atoms with E-state index in [0.717, 1.165) is 62.9 Å². The molecule has 0 saturated heterocycles. The number of nitrogens with zero attached hydrogens (tertiary/aromatic N) is 4. The molecule has 2 aliphatic rings. The highest BCUT2D eigenvalue weighted by Gasteiger charge is 2.23. The van der Waals surface area contributed by atoms with Crippen LogP contribution in [0.5, 0.6) is 0 Å². The van der Waals surface area contributed by atoms with Crippen LogP contribution in [-0.2, 0) is 19.3 Å². The Kier molecular flexibility index (Phi) is 8.90. The molecule has 1 fully saturated rings. The molecule has 4 rings (SSSR count). The van der Waals surface area contributed by atoms with Gasteiger partial charge in [0.05, 0.1) is 10.6 Å². The molecule has 190 valence electrons. The summed E-state index contributed by atoms with van der Waals surface area (Å²) < 4.78 is 0. The molecule has 0 aliphatic heterocycles. The quantitative estimate of drug-likeness (QED) is 0.268. The molecule has 35 heavy (non-hydrogen) atoms. The number of nitro groups is 1. The fourth-order valence-electron chi connectivity index (χ4n) is 5.37. The molecule has 1 aromatic heterocycles. The van der Waals surface area contributed by atoms with Gasteiger partial charge < -0.3 is 15.5 Å². The van der Waals surface area contributed by atoms with Gasteiger partial charge in [-0.2, -0.15) is 4.98 Å². The number of fused-ring (bicyclic) bond motifs is 1. The van der Waals surface area contributed by atoms with Crippen LogP contribution < -0.4 is 15.5 Å². The Balaban J connectivity index is 1.13. The normalized spacial score (nSPS) is 19.7. The summed E-state index contributed by atoms with van der Waals surface area (Å²) in [6, 6.07) is 7.39. The Hall–Kier alpha value is -2.74. The van der Waals surface area contributed by atoms with Crippen molar-refractivity contribution in [2.24, 2.45) is 5.92 Å². The maximum Gasteiger partial charge on any atom is 0.269 e. The average Bonchev–Trinajstić information content (AvgIpc) is 2.86. The number of hydrogen-bond acceptors (Lipinski definition) is 7. The van der Waals surface area contributed by atoms with Crippen LogP contribution in [-0.4, -0.2) is 48.1 Å². The smallest absolute Gasteiger partial charge is 0.269 e. The van der Waals surface area contributed by atoms with E-state index < -0.39 is 0 Å². The molecule has 0 bridgehead atoms. The molecule has 2 N–H and O–H groups in total. The molecular formula is C27H40N6O2. The Morgan fingerprint density at radius 2 is 1.77 bits per heavy atom. The van der Waals surface area contributed by atoms with Gasteiger partial charge in [0.25, 0.3) is 5.69 Å². The summed E-state index contributed by atoms with van der Waals surface area (Å²) in [6.07, 6.45) is 12.6. The van der Waals surface area contributed by atoms with Crippen molar-refractivity contribution in [3.63, 3.8) is 0 Å². The van der Waals surface area contributed by atoms with Gasteiger partial charge in [-0.3, -0.25) is 10.1 Å². The number of non-ortho nitro benzene ring substituents is 1. The SMILES string of the molecule is CN(C)c1nc(N[C@H]2CC[C@@H](CNCCCCc3ccc([N+](=O)[O-])cc3)CC2)nc2c1CCCC2. The zero-order valence-electron chi connectivity index (χ0n) is 21.3. The van der Waals surface area contributed by atoms with Crippen molar-refractivity contribution in [2.45, 2.75) is 76.7 Å². The van der Waals surface area contributed by atoms with E-state index in [9.17, 15) is 10.1 Å². The predicted molar refractivity (Wildman–Crippen MR) is 141 cm³/mol. The van der Waals surface area contributed by atoms with Crippen LogP contribution in [0.1, 0.15) is 68.2 Å². The molecule has 0 atom stereocenters. The molecule has 0 spiro atoms. The number of benzene rings is 1. The molecule has 2 aliphatic carbocycles. The van der Waals surface area contributed by atoms with Gasteiger partial charge in [0.1, 0.15) is 5.82 Å².